The highest BCUT2D eigenvalue weighted by atomic mass is 16.5. The molecule has 0 saturated heterocycles. The van der Waals surface area contributed by atoms with E-state index in [-0.39, 0.29) is 18.2 Å². The Morgan fingerprint density at radius 3 is 2.47 bits per heavy atom. The number of carbonyl (C=O) groups is 2. The van der Waals surface area contributed by atoms with E-state index in [1.807, 2.05) is 0 Å². The van der Waals surface area contributed by atoms with Crippen LogP contribution in [0.15, 0.2) is 18.2 Å². The van der Waals surface area contributed by atoms with Gasteiger partial charge < -0.3 is 9.47 Å². The molecule has 0 aliphatic heterocycles. The first-order valence-electron chi connectivity index (χ1n) is 5.33. The second-order valence-electron chi connectivity index (χ2n) is 3.66. The fourth-order valence-electron chi connectivity index (χ4n) is 1.59. The van der Waals surface area contributed by atoms with Crippen LogP contribution >= 0.6 is 0 Å². The Morgan fingerprint density at radius 2 is 1.94 bits per heavy atom. The van der Waals surface area contributed by atoms with E-state index < -0.39 is 0 Å². The number of aryl methyl sites for hydroxylation is 1. The van der Waals surface area contributed by atoms with Crippen LogP contribution in [0.4, 0.5) is 0 Å². The van der Waals surface area contributed by atoms with Crippen molar-refractivity contribution in [3.63, 3.8) is 0 Å². The van der Waals surface area contributed by atoms with Crippen molar-refractivity contribution >= 4 is 11.8 Å². The molecule has 0 unspecified atom stereocenters. The van der Waals surface area contributed by atoms with Crippen LogP contribution in [-0.2, 0) is 16.0 Å². The van der Waals surface area contributed by atoms with E-state index in [9.17, 15) is 9.59 Å². The number of methoxy groups -OCH3 is 2. The number of esters is 1. The summed E-state index contributed by atoms with van der Waals surface area (Å²) in [7, 11) is 2.91. The number of carbonyl (C=O) groups excluding carboxylic acids is 2. The van der Waals surface area contributed by atoms with Gasteiger partial charge in [-0.3, -0.25) is 9.59 Å². The van der Waals surface area contributed by atoms with Crippen molar-refractivity contribution in [1.82, 2.24) is 0 Å². The minimum Gasteiger partial charge on any atom is -0.497 e. The summed E-state index contributed by atoms with van der Waals surface area (Å²) < 4.78 is 9.67. The minimum atomic E-state index is -0.290. The lowest BCUT2D eigenvalue weighted by molar-refractivity contribution is -0.140. The van der Waals surface area contributed by atoms with Crippen molar-refractivity contribution < 1.29 is 19.1 Å². The second-order valence-corrected chi connectivity index (χ2v) is 3.66. The lowest BCUT2D eigenvalue weighted by Crippen LogP contribution is -2.06. The molecule has 0 fully saturated rings. The normalized spacial score (nSPS) is 9.82. The first-order valence-corrected chi connectivity index (χ1v) is 5.33. The molecule has 4 nitrogen and oxygen atoms in total. The van der Waals surface area contributed by atoms with Crippen LogP contribution in [0, 0.1) is 0 Å². The number of Topliss-reactive ketones (excluding diaryl/α,β-unsaturated/α-hetero) is 1. The van der Waals surface area contributed by atoms with Crippen LogP contribution in [0.1, 0.15) is 29.3 Å². The summed E-state index contributed by atoms with van der Waals surface area (Å²) in [5.74, 6) is 0.365. The standard InChI is InChI=1S/C13H16O4/c1-9(14)12-6-5-11(16-2)8-10(12)4-7-13(15)17-3/h5-6,8H,4,7H2,1-3H3. The Labute approximate surface area is 101 Å². The predicted octanol–water partition coefficient (Wildman–Crippen LogP) is 2.00. The molecule has 1 rings (SSSR count). The average molecular weight is 236 g/mol. The van der Waals surface area contributed by atoms with Gasteiger partial charge in [0.25, 0.3) is 0 Å². The Bertz CT molecular complexity index is 423. The summed E-state index contributed by atoms with van der Waals surface area (Å²) in [6.45, 7) is 1.50. The highest BCUT2D eigenvalue weighted by Crippen LogP contribution is 2.19. The van der Waals surface area contributed by atoms with Crippen LogP contribution in [0.5, 0.6) is 5.75 Å². The molecule has 1 aromatic rings. The van der Waals surface area contributed by atoms with Gasteiger partial charge in [0.1, 0.15) is 5.75 Å². The van der Waals surface area contributed by atoms with E-state index in [2.05, 4.69) is 4.74 Å². The van der Waals surface area contributed by atoms with E-state index in [1.54, 1.807) is 25.3 Å². The van der Waals surface area contributed by atoms with Gasteiger partial charge in [0.2, 0.25) is 0 Å². The summed E-state index contributed by atoms with van der Waals surface area (Å²) in [5, 5.41) is 0. The van der Waals surface area contributed by atoms with Gasteiger partial charge in [-0.15, -0.1) is 0 Å². The predicted molar refractivity (Wildman–Crippen MR) is 63.3 cm³/mol. The summed E-state index contributed by atoms with van der Waals surface area (Å²) in [6, 6.07) is 5.23. The maximum absolute atomic E-state index is 11.4. The Kier molecular flexibility index (Phi) is 4.69. The van der Waals surface area contributed by atoms with Crippen LogP contribution < -0.4 is 4.74 Å². The number of ketones is 1. The van der Waals surface area contributed by atoms with E-state index in [1.165, 1.54) is 14.0 Å². The van der Waals surface area contributed by atoms with Crippen molar-refractivity contribution in [2.75, 3.05) is 14.2 Å². The molecular weight excluding hydrogens is 220 g/mol. The van der Waals surface area contributed by atoms with E-state index in [0.29, 0.717) is 17.7 Å². The molecule has 0 radical (unpaired) electrons. The third-order valence-corrected chi connectivity index (χ3v) is 2.52. The molecule has 4 heteroatoms. The van der Waals surface area contributed by atoms with Crippen LogP contribution in [0.3, 0.4) is 0 Å². The zero-order valence-electron chi connectivity index (χ0n) is 10.3. The lowest BCUT2D eigenvalue weighted by Gasteiger charge is -2.08. The fraction of sp³-hybridized carbons (Fsp3) is 0.385. The molecule has 17 heavy (non-hydrogen) atoms. The van der Waals surface area contributed by atoms with Gasteiger partial charge in [-0.05, 0) is 37.1 Å². The molecule has 0 N–H and O–H groups in total. The Morgan fingerprint density at radius 1 is 1.24 bits per heavy atom. The fourth-order valence-corrected chi connectivity index (χ4v) is 1.59. The highest BCUT2D eigenvalue weighted by Gasteiger charge is 2.10. The number of hydrogen-bond acceptors (Lipinski definition) is 4. The third kappa shape index (κ3) is 3.59. The molecular formula is C13H16O4. The molecule has 0 aromatic heterocycles. The zero-order chi connectivity index (χ0) is 12.8. The maximum atomic E-state index is 11.4. The molecule has 1 aromatic carbocycles. The number of hydrogen-bond donors (Lipinski definition) is 0. The largest absolute Gasteiger partial charge is 0.497 e. The smallest absolute Gasteiger partial charge is 0.305 e. The molecule has 0 atom stereocenters. The number of benzene rings is 1. The van der Waals surface area contributed by atoms with Gasteiger partial charge in [0.05, 0.1) is 14.2 Å². The monoisotopic (exact) mass is 236 g/mol. The molecule has 0 amide bonds. The van der Waals surface area contributed by atoms with Crippen LogP contribution in [-0.4, -0.2) is 26.0 Å². The summed E-state index contributed by atoms with van der Waals surface area (Å²) in [4.78, 5) is 22.5. The van der Waals surface area contributed by atoms with Gasteiger partial charge in [-0.1, -0.05) is 0 Å². The van der Waals surface area contributed by atoms with Crippen LogP contribution in [0.25, 0.3) is 0 Å². The van der Waals surface area contributed by atoms with Gasteiger partial charge >= 0.3 is 5.97 Å². The SMILES string of the molecule is COC(=O)CCc1cc(OC)ccc1C(C)=O. The second kappa shape index (κ2) is 6.03. The van der Waals surface area contributed by atoms with Gasteiger partial charge in [-0.25, -0.2) is 0 Å². The Balaban J connectivity index is 2.93. The third-order valence-electron chi connectivity index (χ3n) is 2.52. The number of ether oxygens (including phenoxy) is 2. The van der Waals surface area contributed by atoms with Crippen molar-refractivity contribution in [2.45, 2.75) is 19.8 Å². The Hall–Kier alpha value is -1.84. The molecule has 0 aliphatic rings. The molecule has 92 valence electrons. The van der Waals surface area contributed by atoms with E-state index in [4.69, 9.17) is 4.74 Å². The van der Waals surface area contributed by atoms with Crippen molar-refractivity contribution in [3.05, 3.63) is 29.3 Å². The first-order chi connectivity index (χ1) is 8.08. The molecule has 0 bridgehead atoms. The van der Waals surface area contributed by atoms with Gasteiger partial charge in [-0.2, -0.15) is 0 Å². The molecule has 0 aliphatic carbocycles. The highest BCUT2D eigenvalue weighted by molar-refractivity contribution is 5.95. The quantitative estimate of drug-likeness (QED) is 0.579. The van der Waals surface area contributed by atoms with Gasteiger partial charge in [0, 0.05) is 12.0 Å². The first kappa shape index (κ1) is 13.2. The summed E-state index contributed by atoms with van der Waals surface area (Å²) in [5.41, 5.74) is 1.43. The van der Waals surface area contributed by atoms with Crippen molar-refractivity contribution in [3.8, 4) is 5.75 Å². The van der Waals surface area contributed by atoms with Crippen molar-refractivity contribution in [1.29, 1.82) is 0 Å². The minimum absolute atomic E-state index is 0.0208. The van der Waals surface area contributed by atoms with Crippen molar-refractivity contribution in [2.24, 2.45) is 0 Å². The summed E-state index contributed by atoms with van der Waals surface area (Å²) >= 11 is 0. The topological polar surface area (TPSA) is 52.6 Å². The molecule has 0 saturated carbocycles. The lowest BCUT2D eigenvalue weighted by atomic mass is 10.00. The molecule has 0 spiro atoms. The summed E-state index contributed by atoms with van der Waals surface area (Å²) in [6.07, 6.45) is 0.725. The van der Waals surface area contributed by atoms with Crippen LogP contribution in [0.2, 0.25) is 0 Å². The number of rotatable bonds is 5. The maximum Gasteiger partial charge on any atom is 0.305 e. The van der Waals surface area contributed by atoms with Gasteiger partial charge in [0.15, 0.2) is 5.78 Å². The zero-order valence-corrected chi connectivity index (χ0v) is 10.3. The molecule has 0 heterocycles. The average Bonchev–Trinajstić information content (AvgIpc) is 2.35. The van der Waals surface area contributed by atoms with E-state index in [0.717, 1.165) is 5.56 Å². The van der Waals surface area contributed by atoms with E-state index >= 15 is 0 Å².